The maximum atomic E-state index is 3.78. The molecule has 0 unspecified atom stereocenters. The van der Waals surface area contributed by atoms with E-state index in [-0.39, 0.29) is 0 Å². The molecule has 2 heteroatoms. The Morgan fingerprint density at radius 3 is 2.75 bits per heavy atom. The molecule has 2 rings (SSSR count). The Morgan fingerprint density at radius 2 is 1.95 bits per heavy atom. The van der Waals surface area contributed by atoms with Crippen molar-refractivity contribution in [3.63, 3.8) is 0 Å². The summed E-state index contributed by atoms with van der Waals surface area (Å²) in [4.78, 5) is 1.28. The summed E-state index contributed by atoms with van der Waals surface area (Å²) in [6, 6.07) is 15.0. The van der Waals surface area contributed by atoms with Crippen LogP contribution in [0, 0.1) is 13.8 Å². The molecule has 0 atom stereocenters. The molecule has 104 valence electrons. The first-order chi connectivity index (χ1) is 9.70. The van der Waals surface area contributed by atoms with Gasteiger partial charge in [0.05, 0.1) is 0 Å². The van der Waals surface area contributed by atoms with Gasteiger partial charge in [0.2, 0.25) is 0 Å². The smallest absolute Gasteiger partial charge is 0.0481 e. The normalized spacial score (nSPS) is 10.3. The first-order valence-electron chi connectivity index (χ1n) is 6.83. The Hall–Kier alpha value is -1.67. The van der Waals surface area contributed by atoms with Crippen LogP contribution in [0.1, 0.15) is 16.7 Å². The average molecular weight is 283 g/mol. The molecule has 0 aliphatic rings. The van der Waals surface area contributed by atoms with Crippen molar-refractivity contribution in [2.45, 2.75) is 25.3 Å². The third-order valence-electron chi connectivity index (χ3n) is 3.22. The van der Waals surface area contributed by atoms with Crippen LogP contribution in [0.3, 0.4) is 0 Å². The maximum Gasteiger partial charge on any atom is 0.0481 e. The molecule has 2 aromatic carbocycles. The van der Waals surface area contributed by atoms with Crippen LogP contribution in [0.4, 0.5) is 5.69 Å². The van der Waals surface area contributed by atoms with Crippen molar-refractivity contribution in [2.75, 3.05) is 11.1 Å². The van der Waals surface area contributed by atoms with Crippen LogP contribution in [0.5, 0.6) is 0 Å². The van der Waals surface area contributed by atoms with E-state index in [2.05, 4.69) is 68.2 Å². The SMILES string of the molecule is C=CCSc1ccccc1NCc1cc(C)ccc1C. The topological polar surface area (TPSA) is 12.0 Å². The zero-order chi connectivity index (χ0) is 14.4. The molecule has 0 aliphatic heterocycles. The van der Waals surface area contributed by atoms with Crippen molar-refractivity contribution in [1.29, 1.82) is 0 Å². The summed E-state index contributed by atoms with van der Waals surface area (Å²) in [5, 5.41) is 3.55. The van der Waals surface area contributed by atoms with Gasteiger partial charge in [-0.15, -0.1) is 18.3 Å². The first-order valence-corrected chi connectivity index (χ1v) is 7.82. The predicted octanol–water partition coefficient (Wildman–Crippen LogP) is 5.19. The second-order valence-electron chi connectivity index (χ2n) is 4.88. The van der Waals surface area contributed by atoms with Gasteiger partial charge in [0, 0.05) is 22.9 Å². The van der Waals surface area contributed by atoms with Crippen molar-refractivity contribution < 1.29 is 0 Å². The number of thioether (sulfide) groups is 1. The molecule has 1 N–H and O–H groups in total. The van der Waals surface area contributed by atoms with Gasteiger partial charge in [-0.1, -0.05) is 42.0 Å². The molecule has 1 nitrogen and oxygen atoms in total. The molecule has 0 aromatic heterocycles. The van der Waals surface area contributed by atoms with Crippen LogP contribution < -0.4 is 5.32 Å². The van der Waals surface area contributed by atoms with E-state index in [1.165, 1.54) is 27.3 Å². The van der Waals surface area contributed by atoms with Crippen molar-refractivity contribution >= 4 is 17.4 Å². The Morgan fingerprint density at radius 1 is 1.15 bits per heavy atom. The summed E-state index contributed by atoms with van der Waals surface area (Å²) >= 11 is 1.81. The molecule has 0 spiro atoms. The monoisotopic (exact) mass is 283 g/mol. The summed E-state index contributed by atoms with van der Waals surface area (Å²) in [6.45, 7) is 8.94. The molecule has 0 fully saturated rings. The van der Waals surface area contributed by atoms with Crippen LogP contribution >= 0.6 is 11.8 Å². The number of aryl methyl sites for hydroxylation is 2. The van der Waals surface area contributed by atoms with Crippen molar-refractivity contribution in [3.8, 4) is 0 Å². The minimum atomic E-state index is 0.860. The number of hydrogen-bond acceptors (Lipinski definition) is 2. The summed E-state index contributed by atoms with van der Waals surface area (Å²) < 4.78 is 0. The molecule has 0 heterocycles. The highest BCUT2D eigenvalue weighted by molar-refractivity contribution is 7.99. The van der Waals surface area contributed by atoms with Gasteiger partial charge in [-0.05, 0) is 37.1 Å². The fourth-order valence-corrected chi connectivity index (χ4v) is 2.84. The lowest BCUT2D eigenvalue weighted by Gasteiger charge is -2.13. The Balaban J connectivity index is 2.10. The largest absolute Gasteiger partial charge is 0.380 e. The van der Waals surface area contributed by atoms with Gasteiger partial charge in [-0.2, -0.15) is 0 Å². The van der Waals surface area contributed by atoms with Crippen LogP contribution in [0.2, 0.25) is 0 Å². The lowest BCUT2D eigenvalue weighted by atomic mass is 10.1. The van der Waals surface area contributed by atoms with E-state index < -0.39 is 0 Å². The molecule has 0 bridgehead atoms. The van der Waals surface area contributed by atoms with E-state index in [1.807, 2.05) is 17.8 Å². The lowest BCUT2D eigenvalue weighted by molar-refractivity contribution is 1.10. The molecule has 20 heavy (non-hydrogen) atoms. The van der Waals surface area contributed by atoms with Crippen LogP contribution in [0.25, 0.3) is 0 Å². The van der Waals surface area contributed by atoms with Crippen LogP contribution in [0.15, 0.2) is 60.0 Å². The summed E-state index contributed by atoms with van der Waals surface area (Å²) in [7, 11) is 0. The standard InChI is InChI=1S/C18H21NS/c1-4-11-20-18-8-6-5-7-17(18)19-13-16-12-14(2)9-10-15(16)3/h4-10,12,19H,1,11,13H2,2-3H3. The first kappa shape index (κ1) is 14.7. The summed E-state index contributed by atoms with van der Waals surface area (Å²) in [5.41, 5.74) is 5.19. The quantitative estimate of drug-likeness (QED) is 0.578. The molecular weight excluding hydrogens is 262 g/mol. The van der Waals surface area contributed by atoms with E-state index in [9.17, 15) is 0 Å². The van der Waals surface area contributed by atoms with Gasteiger partial charge in [-0.3, -0.25) is 0 Å². The number of hydrogen-bond donors (Lipinski definition) is 1. The Kier molecular flexibility index (Phi) is 5.31. The van der Waals surface area contributed by atoms with Gasteiger partial charge in [0.15, 0.2) is 0 Å². The summed E-state index contributed by atoms with van der Waals surface area (Å²) in [5.74, 6) is 0.933. The number of nitrogens with one attached hydrogen (secondary N) is 1. The van der Waals surface area contributed by atoms with Gasteiger partial charge in [-0.25, -0.2) is 0 Å². The molecule has 0 aliphatic carbocycles. The lowest BCUT2D eigenvalue weighted by Crippen LogP contribution is -2.02. The molecular formula is C18H21NS. The number of benzene rings is 2. The second kappa shape index (κ2) is 7.20. The van der Waals surface area contributed by atoms with Gasteiger partial charge < -0.3 is 5.32 Å². The van der Waals surface area contributed by atoms with Crippen LogP contribution in [-0.2, 0) is 6.54 Å². The maximum absolute atomic E-state index is 3.78. The highest BCUT2D eigenvalue weighted by atomic mass is 32.2. The van der Waals surface area contributed by atoms with Gasteiger partial charge >= 0.3 is 0 Å². The number of rotatable bonds is 6. The molecule has 0 saturated carbocycles. The van der Waals surface area contributed by atoms with Crippen molar-refractivity contribution in [3.05, 3.63) is 71.8 Å². The van der Waals surface area contributed by atoms with E-state index >= 15 is 0 Å². The Labute approximate surface area is 126 Å². The highest BCUT2D eigenvalue weighted by Crippen LogP contribution is 2.27. The van der Waals surface area contributed by atoms with Crippen LogP contribution in [-0.4, -0.2) is 5.75 Å². The Bertz CT molecular complexity index is 590. The molecule has 0 radical (unpaired) electrons. The van der Waals surface area contributed by atoms with E-state index in [0.29, 0.717) is 0 Å². The number of para-hydroxylation sites is 1. The zero-order valence-corrected chi connectivity index (χ0v) is 13.0. The molecule has 2 aromatic rings. The van der Waals surface area contributed by atoms with Gasteiger partial charge in [0.1, 0.15) is 0 Å². The van der Waals surface area contributed by atoms with E-state index in [4.69, 9.17) is 0 Å². The van der Waals surface area contributed by atoms with Gasteiger partial charge in [0.25, 0.3) is 0 Å². The van der Waals surface area contributed by atoms with E-state index in [1.54, 1.807) is 0 Å². The highest BCUT2D eigenvalue weighted by Gasteiger charge is 2.03. The minimum Gasteiger partial charge on any atom is -0.380 e. The van der Waals surface area contributed by atoms with Crippen molar-refractivity contribution in [2.24, 2.45) is 0 Å². The fourth-order valence-electron chi connectivity index (χ4n) is 2.07. The third kappa shape index (κ3) is 3.91. The predicted molar refractivity (Wildman–Crippen MR) is 90.6 cm³/mol. The second-order valence-corrected chi connectivity index (χ2v) is 5.94. The third-order valence-corrected chi connectivity index (χ3v) is 4.29. The van der Waals surface area contributed by atoms with Crippen molar-refractivity contribution in [1.82, 2.24) is 0 Å². The minimum absolute atomic E-state index is 0.860. The zero-order valence-electron chi connectivity index (χ0n) is 12.1. The molecule has 0 amide bonds. The fraction of sp³-hybridized carbons (Fsp3) is 0.222. The summed E-state index contributed by atoms with van der Waals surface area (Å²) in [6.07, 6.45) is 1.94. The van der Waals surface area contributed by atoms with E-state index in [0.717, 1.165) is 12.3 Å². The average Bonchev–Trinajstić information content (AvgIpc) is 2.47. The molecule has 0 saturated heterocycles. The number of anilines is 1.